The van der Waals surface area contributed by atoms with E-state index in [1.54, 1.807) is 0 Å². The molecule has 0 radical (unpaired) electrons. The van der Waals surface area contributed by atoms with Crippen LogP contribution in [0.25, 0.3) is 0 Å². The Kier molecular flexibility index (Phi) is 4.04. The molecule has 0 bridgehead atoms. The zero-order valence-electron chi connectivity index (χ0n) is 9.48. The van der Waals surface area contributed by atoms with Crippen LogP contribution in [-0.4, -0.2) is 9.36 Å². The smallest absolute Gasteiger partial charge is 0.174 e. The third-order valence-corrected chi connectivity index (χ3v) is 4.53. The molecule has 0 aliphatic heterocycles. The minimum absolute atomic E-state index is 0.00433. The van der Waals surface area contributed by atoms with Crippen molar-refractivity contribution >= 4 is 34.9 Å². The van der Waals surface area contributed by atoms with Gasteiger partial charge in [-0.25, -0.2) is 4.98 Å². The summed E-state index contributed by atoms with van der Waals surface area (Å²) in [6.07, 6.45) is 0. The second-order valence-electron chi connectivity index (χ2n) is 3.69. The van der Waals surface area contributed by atoms with Crippen molar-refractivity contribution in [1.82, 2.24) is 9.36 Å². The van der Waals surface area contributed by atoms with Crippen molar-refractivity contribution in [2.75, 3.05) is 0 Å². The molecular weight excluding hydrogens is 274 g/mol. The molecule has 1 heterocycles. The quantitative estimate of drug-likeness (QED) is 0.935. The molecule has 1 aromatic carbocycles. The highest BCUT2D eigenvalue weighted by molar-refractivity contribution is 8.01. The van der Waals surface area contributed by atoms with Crippen LogP contribution < -0.4 is 5.73 Å². The van der Waals surface area contributed by atoms with E-state index in [0.29, 0.717) is 5.02 Å². The van der Waals surface area contributed by atoms with Crippen LogP contribution in [0.2, 0.25) is 5.02 Å². The van der Waals surface area contributed by atoms with Crippen molar-refractivity contribution < 1.29 is 0 Å². The van der Waals surface area contributed by atoms with Crippen LogP contribution >= 0.6 is 34.9 Å². The molecule has 0 fully saturated rings. The van der Waals surface area contributed by atoms with Crippen LogP contribution in [-0.2, 0) is 0 Å². The van der Waals surface area contributed by atoms with E-state index < -0.39 is 0 Å². The first-order valence-electron chi connectivity index (χ1n) is 5.09. The Morgan fingerprint density at radius 2 is 2.24 bits per heavy atom. The summed E-state index contributed by atoms with van der Waals surface area (Å²) in [6.45, 7) is 3.81. The Morgan fingerprint density at radius 3 is 2.76 bits per heavy atom. The van der Waals surface area contributed by atoms with Gasteiger partial charge in [0, 0.05) is 10.9 Å². The van der Waals surface area contributed by atoms with Gasteiger partial charge in [0.25, 0.3) is 0 Å². The molecule has 17 heavy (non-hydrogen) atoms. The van der Waals surface area contributed by atoms with Crippen molar-refractivity contribution in [3.8, 4) is 0 Å². The average molecular weight is 286 g/mol. The van der Waals surface area contributed by atoms with Crippen molar-refractivity contribution in [1.29, 1.82) is 0 Å². The largest absolute Gasteiger partial charge is 0.324 e. The van der Waals surface area contributed by atoms with Crippen LogP contribution in [0.1, 0.15) is 24.4 Å². The van der Waals surface area contributed by atoms with E-state index in [-0.39, 0.29) is 6.04 Å². The first-order valence-corrected chi connectivity index (χ1v) is 7.06. The maximum absolute atomic E-state index is 6.21. The summed E-state index contributed by atoms with van der Waals surface area (Å²) in [6, 6.07) is 5.87. The van der Waals surface area contributed by atoms with E-state index in [9.17, 15) is 0 Å². The fraction of sp³-hybridized carbons (Fsp3) is 0.273. The highest BCUT2D eigenvalue weighted by Gasteiger charge is 2.08. The van der Waals surface area contributed by atoms with Gasteiger partial charge in [0.15, 0.2) is 4.34 Å². The fourth-order valence-electron chi connectivity index (χ4n) is 1.30. The van der Waals surface area contributed by atoms with Gasteiger partial charge in [-0.2, -0.15) is 4.37 Å². The van der Waals surface area contributed by atoms with Crippen LogP contribution in [0, 0.1) is 6.92 Å². The van der Waals surface area contributed by atoms with Gasteiger partial charge < -0.3 is 5.73 Å². The SMILES string of the molecule is Cc1nsc(Sc2ccc([C@H](C)N)cc2Cl)n1. The Bertz CT molecular complexity index is 525. The van der Waals surface area contributed by atoms with E-state index in [2.05, 4.69) is 9.36 Å². The molecule has 0 aliphatic rings. The molecule has 3 nitrogen and oxygen atoms in total. The molecule has 1 aromatic heterocycles. The van der Waals surface area contributed by atoms with Gasteiger partial charge in [0.05, 0.1) is 5.02 Å². The molecule has 0 spiro atoms. The number of benzene rings is 1. The molecule has 90 valence electrons. The molecule has 0 unspecified atom stereocenters. The lowest BCUT2D eigenvalue weighted by atomic mass is 10.1. The topological polar surface area (TPSA) is 51.8 Å². The third kappa shape index (κ3) is 3.19. The Balaban J connectivity index is 2.22. The highest BCUT2D eigenvalue weighted by Crippen LogP contribution is 2.35. The number of aryl methyl sites for hydroxylation is 1. The minimum Gasteiger partial charge on any atom is -0.324 e. The molecule has 0 amide bonds. The predicted octanol–water partition coefficient (Wildman–Crippen LogP) is 3.67. The maximum atomic E-state index is 6.21. The van der Waals surface area contributed by atoms with Gasteiger partial charge >= 0.3 is 0 Å². The van der Waals surface area contributed by atoms with Crippen molar-refractivity contribution in [2.45, 2.75) is 29.1 Å². The zero-order valence-corrected chi connectivity index (χ0v) is 11.9. The number of nitrogens with two attached hydrogens (primary N) is 1. The molecule has 2 N–H and O–H groups in total. The van der Waals surface area contributed by atoms with Gasteiger partial charge in [0.2, 0.25) is 0 Å². The molecule has 1 atom stereocenters. The summed E-state index contributed by atoms with van der Waals surface area (Å²) in [5, 5.41) is 0.706. The third-order valence-electron chi connectivity index (χ3n) is 2.19. The van der Waals surface area contributed by atoms with E-state index in [0.717, 1.165) is 20.6 Å². The van der Waals surface area contributed by atoms with Crippen LogP contribution in [0.4, 0.5) is 0 Å². The first kappa shape index (κ1) is 12.8. The lowest BCUT2D eigenvalue weighted by Crippen LogP contribution is -2.04. The monoisotopic (exact) mass is 285 g/mol. The van der Waals surface area contributed by atoms with Gasteiger partial charge in [-0.05, 0) is 43.1 Å². The summed E-state index contributed by atoms with van der Waals surface area (Å²) < 4.78 is 5.04. The van der Waals surface area contributed by atoms with Crippen LogP contribution in [0.5, 0.6) is 0 Å². The van der Waals surface area contributed by atoms with Crippen LogP contribution in [0.3, 0.4) is 0 Å². The lowest BCUT2D eigenvalue weighted by molar-refractivity contribution is 0.817. The molecule has 0 aliphatic carbocycles. The normalized spacial score (nSPS) is 12.7. The number of aromatic nitrogens is 2. The Morgan fingerprint density at radius 1 is 1.47 bits per heavy atom. The second kappa shape index (κ2) is 5.35. The molecule has 2 rings (SSSR count). The summed E-state index contributed by atoms with van der Waals surface area (Å²) in [7, 11) is 0. The summed E-state index contributed by atoms with van der Waals surface area (Å²) in [5.41, 5.74) is 6.84. The molecule has 6 heteroatoms. The summed E-state index contributed by atoms with van der Waals surface area (Å²) in [5.74, 6) is 0.792. The Hall–Kier alpha value is -0.620. The highest BCUT2D eigenvalue weighted by atomic mass is 35.5. The van der Waals surface area contributed by atoms with E-state index in [4.69, 9.17) is 17.3 Å². The fourth-order valence-corrected chi connectivity index (χ4v) is 3.21. The Labute approximate surface area is 114 Å². The van der Waals surface area contributed by atoms with Gasteiger partial charge in [-0.1, -0.05) is 29.4 Å². The number of nitrogens with zero attached hydrogens (tertiary/aromatic N) is 2. The van der Waals surface area contributed by atoms with Gasteiger partial charge in [-0.3, -0.25) is 0 Å². The summed E-state index contributed by atoms with van der Waals surface area (Å²) in [4.78, 5) is 5.27. The van der Waals surface area contributed by atoms with E-state index >= 15 is 0 Å². The maximum Gasteiger partial charge on any atom is 0.174 e. The minimum atomic E-state index is -0.00433. The number of halogens is 1. The average Bonchev–Trinajstić information content (AvgIpc) is 2.67. The summed E-state index contributed by atoms with van der Waals surface area (Å²) >= 11 is 9.12. The molecule has 2 aromatic rings. The van der Waals surface area contributed by atoms with E-state index in [1.807, 2.05) is 32.0 Å². The van der Waals surface area contributed by atoms with Crippen molar-refractivity contribution in [3.63, 3.8) is 0 Å². The second-order valence-corrected chi connectivity index (χ2v) is 6.14. The predicted molar refractivity (Wildman–Crippen MR) is 72.8 cm³/mol. The zero-order chi connectivity index (χ0) is 12.4. The number of hydrogen-bond acceptors (Lipinski definition) is 5. The standard InChI is InChI=1S/C11H12ClN3S2/c1-6(13)8-3-4-10(9(12)5-8)16-11-14-7(2)15-17-11/h3-6H,13H2,1-2H3/t6-/m0/s1. The molecular formula is C11H12ClN3S2. The van der Waals surface area contributed by atoms with Crippen LogP contribution in [0.15, 0.2) is 27.4 Å². The van der Waals surface area contributed by atoms with Crippen molar-refractivity contribution in [2.24, 2.45) is 5.73 Å². The van der Waals surface area contributed by atoms with Crippen molar-refractivity contribution in [3.05, 3.63) is 34.6 Å². The van der Waals surface area contributed by atoms with E-state index in [1.165, 1.54) is 23.3 Å². The number of rotatable bonds is 3. The van der Waals surface area contributed by atoms with Gasteiger partial charge in [0.1, 0.15) is 5.82 Å². The lowest BCUT2D eigenvalue weighted by Gasteiger charge is -2.08. The molecule has 0 saturated carbocycles. The van der Waals surface area contributed by atoms with Gasteiger partial charge in [-0.15, -0.1) is 0 Å². The number of hydrogen-bond donors (Lipinski definition) is 1. The molecule has 0 saturated heterocycles. The first-order chi connectivity index (χ1) is 8.06.